The van der Waals surface area contributed by atoms with Crippen LogP contribution in [-0.2, 0) is 6.54 Å². The number of aromatic carboxylic acids is 1. The van der Waals surface area contributed by atoms with Gasteiger partial charge in [0.05, 0.1) is 16.7 Å². The van der Waals surface area contributed by atoms with Gasteiger partial charge in [0.25, 0.3) is 5.91 Å². The summed E-state index contributed by atoms with van der Waals surface area (Å²) in [6, 6.07) is 9.85. The van der Waals surface area contributed by atoms with E-state index >= 15 is 0 Å². The molecule has 0 saturated heterocycles. The van der Waals surface area contributed by atoms with Crippen molar-refractivity contribution >= 4 is 17.7 Å². The molecule has 23 heavy (non-hydrogen) atoms. The van der Waals surface area contributed by atoms with Crippen LogP contribution in [0.4, 0.5) is 4.39 Å². The van der Waals surface area contributed by atoms with E-state index in [9.17, 15) is 18.8 Å². The van der Waals surface area contributed by atoms with Gasteiger partial charge in [-0.3, -0.25) is 9.59 Å². The molecule has 0 radical (unpaired) electrons. The van der Waals surface area contributed by atoms with E-state index < -0.39 is 23.5 Å². The number of nitrogens with one attached hydrogen (secondary N) is 1. The molecule has 2 aromatic rings. The minimum atomic E-state index is -1.04. The highest BCUT2D eigenvalue weighted by Crippen LogP contribution is 2.14. The molecule has 0 spiro atoms. The second-order valence-corrected chi connectivity index (χ2v) is 4.90. The van der Waals surface area contributed by atoms with Gasteiger partial charge in [-0.1, -0.05) is 18.2 Å². The summed E-state index contributed by atoms with van der Waals surface area (Å²) in [4.78, 5) is 34.4. The number of Topliss-reactive ketones (excluding diaryl/α,β-unsaturated/α-hetero) is 1. The molecule has 0 heterocycles. The van der Waals surface area contributed by atoms with Gasteiger partial charge in [-0.25, -0.2) is 9.18 Å². The van der Waals surface area contributed by atoms with E-state index in [0.29, 0.717) is 5.56 Å². The fourth-order valence-corrected chi connectivity index (χ4v) is 2.11. The van der Waals surface area contributed by atoms with E-state index in [1.165, 1.54) is 31.2 Å². The molecule has 6 heteroatoms. The molecule has 2 aromatic carbocycles. The molecule has 0 aromatic heterocycles. The molecule has 118 valence electrons. The van der Waals surface area contributed by atoms with Gasteiger partial charge in [0.15, 0.2) is 5.78 Å². The Morgan fingerprint density at radius 2 is 1.74 bits per heavy atom. The first kappa shape index (κ1) is 16.4. The summed E-state index contributed by atoms with van der Waals surface area (Å²) < 4.78 is 13.7. The molecule has 0 aliphatic carbocycles. The SMILES string of the molecule is CC(=O)c1c(F)cccc1C(=O)NCc1ccc(C(=O)O)cc1. The number of ketones is 1. The lowest BCUT2D eigenvalue weighted by Gasteiger charge is -2.09. The molecule has 0 saturated carbocycles. The van der Waals surface area contributed by atoms with Gasteiger partial charge >= 0.3 is 5.97 Å². The van der Waals surface area contributed by atoms with Crippen LogP contribution in [0.2, 0.25) is 0 Å². The Labute approximate surface area is 131 Å². The van der Waals surface area contributed by atoms with Crippen LogP contribution in [0.3, 0.4) is 0 Å². The predicted molar refractivity (Wildman–Crippen MR) is 81.0 cm³/mol. The Morgan fingerprint density at radius 3 is 2.30 bits per heavy atom. The Kier molecular flexibility index (Phi) is 4.85. The molecule has 0 unspecified atom stereocenters. The number of rotatable bonds is 5. The van der Waals surface area contributed by atoms with Crippen molar-refractivity contribution in [1.82, 2.24) is 5.32 Å². The topological polar surface area (TPSA) is 83.5 Å². The van der Waals surface area contributed by atoms with E-state index in [2.05, 4.69) is 5.32 Å². The highest BCUT2D eigenvalue weighted by atomic mass is 19.1. The Balaban J connectivity index is 2.13. The number of amides is 1. The smallest absolute Gasteiger partial charge is 0.335 e. The minimum Gasteiger partial charge on any atom is -0.478 e. The van der Waals surface area contributed by atoms with Gasteiger partial charge in [-0.15, -0.1) is 0 Å². The van der Waals surface area contributed by atoms with Gasteiger partial charge in [0, 0.05) is 6.54 Å². The zero-order valence-corrected chi connectivity index (χ0v) is 12.3. The maximum absolute atomic E-state index is 13.7. The van der Waals surface area contributed by atoms with Crippen LogP contribution >= 0.6 is 0 Å². The predicted octanol–water partition coefficient (Wildman–Crippen LogP) is 2.66. The second kappa shape index (κ2) is 6.83. The van der Waals surface area contributed by atoms with Crippen molar-refractivity contribution in [3.63, 3.8) is 0 Å². The summed E-state index contributed by atoms with van der Waals surface area (Å²) in [6.45, 7) is 1.33. The molecule has 5 nitrogen and oxygen atoms in total. The third-order valence-electron chi connectivity index (χ3n) is 3.26. The molecule has 1 amide bonds. The van der Waals surface area contributed by atoms with Gasteiger partial charge in [0.2, 0.25) is 0 Å². The van der Waals surface area contributed by atoms with E-state index in [1.807, 2.05) is 0 Å². The maximum atomic E-state index is 13.7. The lowest BCUT2D eigenvalue weighted by atomic mass is 10.0. The fraction of sp³-hybridized carbons (Fsp3) is 0.118. The monoisotopic (exact) mass is 315 g/mol. The first-order chi connectivity index (χ1) is 10.9. The van der Waals surface area contributed by atoms with Crippen molar-refractivity contribution in [2.45, 2.75) is 13.5 Å². The van der Waals surface area contributed by atoms with Crippen molar-refractivity contribution in [2.75, 3.05) is 0 Å². The van der Waals surface area contributed by atoms with E-state index in [1.54, 1.807) is 12.1 Å². The molecule has 2 rings (SSSR count). The van der Waals surface area contributed by atoms with Crippen LogP contribution in [0.15, 0.2) is 42.5 Å². The van der Waals surface area contributed by atoms with Gasteiger partial charge < -0.3 is 10.4 Å². The number of hydrogen-bond acceptors (Lipinski definition) is 3. The maximum Gasteiger partial charge on any atom is 0.335 e. The highest BCUT2D eigenvalue weighted by Gasteiger charge is 2.18. The lowest BCUT2D eigenvalue weighted by molar-refractivity contribution is 0.0696. The van der Waals surface area contributed by atoms with Crippen LogP contribution < -0.4 is 5.32 Å². The molecule has 0 bridgehead atoms. The van der Waals surface area contributed by atoms with Gasteiger partial charge in [-0.2, -0.15) is 0 Å². The molecular formula is C17H14FNO4. The zero-order valence-electron chi connectivity index (χ0n) is 12.3. The van der Waals surface area contributed by atoms with Gasteiger partial charge in [-0.05, 0) is 36.8 Å². The second-order valence-electron chi connectivity index (χ2n) is 4.90. The van der Waals surface area contributed by atoms with E-state index in [0.717, 1.165) is 6.07 Å². The van der Waals surface area contributed by atoms with Crippen LogP contribution in [0.25, 0.3) is 0 Å². The Morgan fingerprint density at radius 1 is 1.09 bits per heavy atom. The first-order valence-corrected chi connectivity index (χ1v) is 6.80. The van der Waals surface area contributed by atoms with Crippen molar-refractivity contribution in [3.8, 4) is 0 Å². The number of carboxylic acid groups (broad SMARTS) is 1. The van der Waals surface area contributed by atoms with Crippen LogP contribution in [-0.4, -0.2) is 22.8 Å². The summed E-state index contributed by atoms with van der Waals surface area (Å²) in [5.41, 5.74) is 0.555. The van der Waals surface area contributed by atoms with Crippen molar-refractivity contribution in [1.29, 1.82) is 0 Å². The normalized spacial score (nSPS) is 10.2. The van der Waals surface area contributed by atoms with E-state index in [-0.39, 0.29) is 23.2 Å². The molecule has 0 aliphatic heterocycles. The third-order valence-corrected chi connectivity index (χ3v) is 3.26. The number of hydrogen-bond donors (Lipinski definition) is 2. The first-order valence-electron chi connectivity index (χ1n) is 6.80. The standard InChI is InChI=1S/C17H14FNO4/c1-10(20)15-13(3-2-4-14(15)18)16(21)19-9-11-5-7-12(8-6-11)17(22)23/h2-8H,9H2,1H3,(H,19,21)(H,22,23). The summed E-state index contributed by atoms with van der Waals surface area (Å²) >= 11 is 0. The molecular weight excluding hydrogens is 301 g/mol. The number of benzene rings is 2. The molecule has 0 aliphatic rings. The summed E-state index contributed by atoms with van der Waals surface area (Å²) in [7, 11) is 0. The third kappa shape index (κ3) is 3.79. The Bertz CT molecular complexity index is 769. The largest absolute Gasteiger partial charge is 0.478 e. The molecule has 0 atom stereocenters. The zero-order chi connectivity index (χ0) is 17.0. The van der Waals surface area contributed by atoms with Crippen molar-refractivity contribution in [2.24, 2.45) is 0 Å². The summed E-state index contributed by atoms with van der Waals surface area (Å²) in [5.74, 6) is -2.88. The van der Waals surface area contributed by atoms with Crippen LogP contribution in [0, 0.1) is 5.82 Å². The molecule has 0 fully saturated rings. The quantitative estimate of drug-likeness (QED) is 0.831. The number of carbonyl (C=O) groups is 3. The van der Waals surface area contributed by atoms with Crippen LogP contribution in [0.1, 0.15) is 43.6 Å². The number of carbonyl (C=O) groups excluding carboxylic acids is 2. The number of carboxylic acids is 1. The minimum absolute atomic E-state index is 0.0281. The lowest BCUT2D eigenvalue weighted by Crippen LogP contribution is -2.25. The van der Waals surface area contributed by atoms with Gasteiger partial charge in [0.1, 0.15) is 5.82 Å². The number of halogens is 1. The van der Waals surface area contributed by atoms with Crippen LogP contribution in [0.5, 0.6) is 0 Å². The Hall–Kier alpha value is -3.02. The molecule has 2 N–H and O–H groups in total. The highest BCUT2D eigenvalue weighted by molar-refractivity contribution is 6.07. The van der Waals surface area contributed by atoms with Crippen molar-refractivity contribution < 1.29 is 23.9 Å². The summed E-state index contributed by atoms with van der Waals surface area (Å²) in [6.07, 6.45) is 0. The van der Waals surface area contributed by atoms with E-state index in [4.69, 9.17) is 5.11 Å². The average molecular weight is 315 g/mol. The van der Waals surface area contributed by atoms with Crippen molar-refractivity contribution in [3.05, 3.63) is 70.5 Å². The fourth-order valence-electron chi connectivity index (χ4n) is 2.11. The average Bonchev–Trinajstić information content (AvgIpc) is 2.52. The summed E-state index contributed by atoms with van der Waals surface area (Å²) in [5, 5.41) is 11.4.